The van der Waals surface area contributed by atoms with Gasteiger partial charge in [0.2, 0.25) is 5.76 Å². The van der Waals surface area contributed by atoms with Crippen LogP contribution in [0.15, 0.2) is 11.5 Å². The number of carboxylic acids is 1. The Balaban J connectivity index is 0.000000423. The van der Waals surface area contributed by atoms with Crippen molar-refractivity contribution in [1.29, 1.82) is 0 Å². The lowest BCUT2D eigenvalue weighted by Gasteiger charge is -2.26. The Hall–Kier alpha value is -1.88. The highest BCUT2D eigenvalue weighted by molar-refractivity contribution is 5.89. The van der Waals surface area contributed by atoms with Gasteiger partial charge in [-0.2, -0.15) is 0 Å². The first kappa shape index (κ1) is 21.1. The van der Waals surface area contributed by atoms with E-state index < -0.39 is 48.4 Å². The normalized spacial score (nSPS) is 20.4. The summed E-state index contributed by atoms with van der Waals surface area (Å²) in [6.07, 6.45) is -3.86. The summed E-state index contributed by atoms with van der Waals surface area (Å²) in [5.74, 6) is -3.98. The first-order valence-electron chi connectivity index (χ1n) is 6.69. The van der Waals surface area contributed by atoms with Gasteiger partial charge in [0.05, 0.1) is 27.7 Å². The fourth-order valence-corrected chi connectivity index (χ4v) is 1.71. The van der Waals surface area contributed by atoms with Crippen LogP contribution in [0.3, 0.4) is 0 Å². The fraction of sp³-hybridized carbons (Fsp3) is 0.692. The van der Waals surface area contributed by atoms with Crippen LogP contribution in [0, 0.1) is 0 Å². The van der Waals surface area contributed by atoms with Crippen LogP contribution in [-0.4, -0.2) is 94.6 Å². The van der Waals surface area contributed by atoms with Gasteiger partial charge in [0.15, 0.2) is 11.9 Å². The second kappa shape index (κ2) is 8.67. The van der Waals surface area contributed by atoms with Gasteiger partial charge in [-0.3, -0.25) is 0 Å². The number of likely N-dealkylation sites (N-methyl/N-ethyl adjacent to an activating group) is 1. The van der Waals surface area contributed by atoms with E-state index in [1.807, 2.05) is 21.1 Å². The Bertz CT molecular complexity index is 455. The first-order chi connectivity index (χ1) is 10.4. The average molecular weight is 337 g/mol. The molecule has 10 heteroatoms. The van der Waals surface area contributed by atoms with E-state index in [9.17, 15) is 14.7 Å². The zero-order valence-electron chi connectivity index (χ0n) is 13.2. The molecule has 3 atom stereocenters. The zero-order chi connectivity index (χ0) is 18.4. The molecule has 0 aliphatic carbocycles. The van der Waals surface area contributed by atoms with Crippen LogP contribution in [0.25, 0.3) is 0 Å². The number of hydrogen-bond acceptors (Lipinski definition) is 9. The van der Waals surface area contributed by atoms with Crippen LogP contribution in [0.2, 0.25) is 0 Å². The topological polar surface area (TPSA) is 168 Å². The number of cyclic esters (lactones) is 1. The molecule has 0 aromatic rings. The van der Waals surface area contributed by atoms with Crippen molar-refractivity contribution in [2.45, 2.75) is 24.7 Å². The van der Waals surface area contributed by atoms with Crippen molar-refractivity contribution >= 4 is 11.9 Å². The van der Waals surface area contributed by atoms with Crippen LogP contribution in [-0.2, 0) is 14.3 Å². The molecular weight excluding hydrogens is 314 g/mol. The molecule has 5 N–H and O–H groups in total. The summed E-state index contributed by atoms with van der Waals surface area (Å²) in [7, 11) is 5.66. The molecule has 0 saturated heterocycles. The molecule has 1 unspecified atom stereocenters. The Morgan fingerprint density at radius 1 is 1.30 bits per heavy atom. The van der Waals surface area contributed by atoms with E-state index in [2.05, 4.69) is 4.74 Å². The number of carboxylic acid groups (broad SMARTS) is 1. The maximum atomic E-state index is 10.5. The van der Waals surface area contributed by atoms with Crippen molar-refractivity contribution in [3.05, 3.63) is 11.5 Å². The number of aliphatic hydroxyl groups excluding tert-OH is 5. The predicted octanol–water partition coefficient (Wildman–Crippen LogP) is -3.21. The molecule has 0 amide bonds. The summed E-state index contributed by atoms with van der Waals surface area (Å²) in [4.78, 5) is 20.5. The van der Waals surface area contributed by atoms with Crippen LogP contribution in [0.1, 0.15) is 6.42 Å². The van der Waals surface area contributed by atoms with Crippen molar-refractivity contribution in [3.8, 4) is 0 Å². The molecule has 10 nitrogen and oxygen atoms in total. The smallest absolute Gasteiger partial charge is 0.377 e. The van der Waals surface area contributed by atoms with Crippen molar-refractivity contribution in [3.63, 3.8) is 0 Å². The van der Waals surface area contributed by atoms with Gasteiger partial charge in [-0.25, -0.2) is 4.79 Å². The fourth-order valence-electron chi connectivity index (χ4n) is 1.71. The van der Waals surface area contributed by atoms with E-state index in [0.717, 1.165) is 0 Å². The van der Waals surface area contributed by atoms with Crippen LogP contribution >= 0.6 is 0 Å². The van der Waals surface area contributed by atoms with Gasteiger partial charge in [0.25, 0.3) is 0 Å². The van der Waals surface area contributed by atoms with Crippen LogP contribution in [0.5, 0.6) is 0 Å². The molecule has 1 aliphatic heterocycles. The second-order valence-electron chi connectivity index (χ2n) is 6.01. The van der Waals surface area contributed by atoms with Gasteiger partial charge in [0.1, 0.15) is 18.8 Å². The number of ether oxygens (including phenoxy) is 1. The lowest BCUT2D eigenvalue weighted by atomic mass is 10.2. The second-order valence-corrected chi connectivity index (χ2v) is 6.01. The summed E-state index contributed by atoms with van der Waals surface area (Å²) >= 11 is 0. The van der Waals surface area contributed by atoms with Gasteiger partial charge >= 0.3 is 5.97 Å². The van der Waals surface area contributed by atoms with Gasteiger partial charge in [-0.15, -0.1) is 0 Å². The number of aliphatic hydroxyl groups is 5. The molecule has 0 saturated carbocycles. The van der Waals surface area contributed by atoms with E-state index in [1.165, 1.54) is 0 Å². The largest absolute Gasteiger partial charge is 0.550 e. The molecule has 134 valence electrons. The maximum Gasteiger partial charge on any atom is 0.377 e. The molecule has 0 fully saturated rings. The van der Waals surface area contributed by atoms with Crippen LogP contribution < -0.4 is 5.11 Å². The summed E-state index contributed by atoms with van der Waals surface area (Å²) in [5, 5.41) is 54.2. The molecule has 0 aromatic carbocycles. The molecule has 0 radical (unpaired) electrons. The van der Waals surface area contributed by atoms with E-state index in [4.69, 9.17) is 25.5 Å². The summed E-state index contributed by atoms with van der Waals surface area (Å²) in [5.41, 5.74) is 0. The number of rotatable bonds is 6. The number of quaternary nitrogens is 1. The van der Waals surface area contributed by atoms with Crippen molar-refractivity contribution in [2.24, 2.45) is 0 Å². The number of esters is 1. The zero-order valence-corrected chi connectivity index (χ0v) is 13.2. The third-order valence-corrected chi connectivity index (χ3v) is 2.64. The predicted molar refractivity (Wildman–Crippen MR) is 73.8 cm³/mol. The third-order valence-electron chi connectivity index (χ3n) is 2.64. The number of hydrogen-bond donors (Lipinski definition) is 5. The summed E-state index contributed by atoms with van der Waals surface area (Å²) in [6, 6.07) is 0. The van der Waals surface area contributed by atoms with Gasteiger partial charge in [-0.05, 0) is 0 Å². The lowest BCUT2D eigenvalue weighted by molar-refractivity contribution is -0.873. The van der Waals surface area contributed by atoms with E-state index in [-0.39, 0.29) is 6.42 Å². The Morgan fingerprint density at radius 2 is 1.83 bits per heavy atom. The first-order valence-corrected chi connectivity index (χ1v) is 6.69. The van der Waals surface area contributed by atoms with Gasteiger partial charge < -0.3 is 44.7 Å². The lowest BCUT2D eigenvalue weighted by Crippen LogP contribution is -2.43. The standard InChI is InChI=1S/C7H15NO3.C6H8O6/c1-8(2,3)5-6(9)4-7(10)11;7-1-2(8)5-3(9)4(10)6(11)12-5/h6,9H,4-5H2,1-3H3;2,5,7-10H,1H2/t;2-,5+/m.0/s1. The maximum absolute atomic E-state index is 10.5. The van der Waals surface area contributed by atoms with E-state index >= 15 is 0 Å². The minimum absolute atomic E-state index is 0.282. The molecule has 1 rings (SSSR count). The molecule has 0 spiro atoms. The Labute approximate surface area is 133 Å². The van der Waals surface area contributed by atoms with E-state index in [0.29, 0.717) is 11.0 Å². The highest BCUT2D eigenvalue weighted by Gasteiger charge is 2.38. The minimum atomic E-state index is -1.42. The number of nitrogens with zero attached hydrogens (tertiary/aromatic N) is 1. The molecule has 1 heterocycles. The minimum Gasteiger partial charge on any atom is -0.550 e. The Morgan fingerprint density at radius 3 is 2.13 bits per heavy atom. The monoisotopic (exact) mass is 337 g/mol. The SMILES string of the molecule is C[N+](C)(C)CC(O)CC(=O)[O-].O=C1O[C@H]([C@@H](O)CO)C(O)=C1O. The summed E-state index contributed by atoms with van der Waals surface area (Å²) in [6.45, 7) is -0.247. The van der Waals surface area contributed by atoms with Gasteiger partial charge in [0, 0.05) is 12.4 Å². The quantitative estimate of drug-likeness (QED) is 0.247. The van der Waals surface area contributed by atoms with E-state index in [1.54, 1.807) is 0 Å². The van der Waals surface area contributed by atoms with Crippen molar-refractivity contribution < 1.29 is 49.4 Å². The molecule has 1 aliphatic rings. The van der Waals surface area contributed by atoms with Crippen molar-refractivity contribution in [1.82, 2.24) is 0 Å². The van der Waals surface area contributed by atoms with Crippen LogP contribution in [0.4, 0.5) is 0 Å². The molecular formula is C13H23NO9. The number of carbonyl (C=O) groups is 2. The highest BCUT2D eigenvalue weighted by Crippen LogP contribution is 2.20. The van der Waals surface area contributed by atoms with Gasteiger partial charge in [-0.1, -0.05) is 0 Å². The number of aliphatic carboxylic acids is 1. The number of carbonyl (C=O) groups excluding carboxylic acids is 2. The average Bonchev–Trinajstić information content (AvgIpc) is 2.63. The Kier molecular flexibility index (Phi) is 7.97. The molecule has 0 aromatic heterocycles. The molecule has 0 bridgehead atoms. The highest BCUT2D eigenvalue weighted by atomic mass is 16.6. The third kappa shape index (κ3) is 7.79. The summed E-state index contributed by atoms with van der Waals surface area (Å²) < 4.78 is 4.87. The van der Waals surface area contributed by atoms with Crippen molar-refractivity contribution in [2.75, 3.05) is 34.3 Å². The molecule has 23 heavy (non-hydrogen) atoms.